The van der Waals surface area contributed by atoms with Crippen molar-refractivity contribution in [2.75, 3.05) is 13.2 Å². The molecule has 0 atom stereocenters. The Morgan fingerprint density at radius 2 is 2.00 bits per heavy atom. The summed E-state index contributed by atoms with van der Waals surface area (Å²) in [6.45, 7) is -1.09. The number of carbonyl (C=O) groups is 1. The molecule has 0 unspecified atom stereocenters. The Balaban J connectivity index is 2.80. The van der Waals surface area contributed by atoms with Gasteiger partial charge in [0.05, 0.1) is 19.3 Å². The molecule has 0 aliphatic rings. The maximum absolute atomic E-state index is 11.6. The predicted molar refractivity (Wildman–Crippen MR) is 62.0 cm³/mol. The summed E-state index contributed by atoms with van der Waals surface area (Å²) < 4.78 is 1.94. The summed E-state index contributed by atoms with van der Waals surface area (Å²) >= 11 is 0. The Hall–Kier alpha value is -1.93. The molecule has 100 valence electrons. The summed E-state index contributed by atoms with van der Waals surface area (Å²) in [5.41, 5.74) is -1.07. The lowest BCUT2D eigenvalue weighted by Gasteiger charge is -2.14. The van der Waals surface area contributed by atoms with E-state index in [1.54, 1.807) is 0 Å². The minimum Gasteiger partial charge on any atom is -0.394 e. The molecule has 8 nitrogen and oxygen atoms in total. The lowest BCUT2D eigenvalue weighted by molar-refractivity contribution is -0.123. The van der Waals surface area contributed by atoms with Crippen LogP contribution in [0.1, 0.15) is 0 Å². The highest BCUT2D eigenvalue weighted by molar-refractivity contribution is 5.76. The maximum atomic E-state index is 11.6. The van der Waals surface area contributed by atoms with Crippen molar-refractivity contribution < 1.29 is 15.0 Å². The number of carbonyl (C=O) groups excluding carboxylic acids is 1. The number of hydrogen-bond donors (Lipinski definition) is 3. The number of aromatic nitrogens is 2. The monoisotopic (exact) mass is 257 g/mol. The molecule has 1 amide bonds. The van der Waals surface area contributed by atoms with E-state index in [4.69, 9.17) is 10.2 Å². The Kier molecular flexibility index (Phi) is 4.81. The molecule has 0 fully saturated rings. The standard InChI is InChI=1S/C10H15N3O5/c1-12-9(17)2-3-13(10(12)18)4-8(16)11-7(5-14)6-15/h2-3,7,14-15H,4-6H2,1H3,(H,11,16). The van der Waals surface area contributed by atoms with Crippen molar-refractivity contribution in [1.29, 1.82) is 0 Å². The first-order valence-electron chi connectivity index (χ1n) is 5.27. The van der Waals surface area contributed by atoms with Crippen LogP contribution < -0.4 is 16.6 Å². The molecule has 0 aromatic carbocycles. The van der Waals surface area contributed by atoms with Crippen LogP contribution in [0.2, 0.25) is 0 Å². The van der Waals surface area contributed by atoms with E-state index in [0.717, 1.165) is 9.13 Å². The van der Waals surface area contributed by atoms with Crippen LogP contribution in [0.4, 0.5) is 0 Å². The van der Waals surface area contributed by atoms with Gasteiger partial charge in [-0.05, 0) is 0 Å². The molecule has 0 aliphatic heterocycles. The van der Waals surface area contributed by atoms with E-state index in [0.29, 0.717) is 0 Å². The summed E-state index contributed by atoms with van der Waals surface area (Å²) in [7, 11) is 1.31. The van der Waals surface area contributed by atoms with Gasteiger partial charge < -0.3 is 15.5 Å². The van der Waals surface area contributed by atoms with Crippen LogP contribution in [0.15, 0.2) is 21.9 Å². The van der Waals surface area contributed by atoms with Gasteiger partial charge in [0.1, 0.15) is 6.54 Å². The van der Waals surface area contributed by atoms with E-state index in [2.05, 4.69) is 5.32 Å². The summed E-state index contributed by atoms with van der Waals surface area (Å²) in [6, 6.07) is 0.408. The van der Waals surface area contributed by atoms with Crippen molar-refractivity contribution in [3.05, 3.63) is 33.1 Å². The third-order valence-corrected chi connectivity index (χ3v) is 2.38. The Labute approximate surface area is 102 Å². The average molecular weight is 257 g/mol. The molecule has 1 rings (SSSR count). The van der Waals surface area contributed by atoms with Crippen LogP contribution in [0.25, 0.3) is 0 Å². The molecule has 8 heteroatoms. The fourth-order valence-corrected chi connectivity index (χ4v) is 1.31. The van der Waals surface area contributed by atoms with Gasteiger partial charge in [0.15, 0.2) is 0 Å². The first-order valence-corrected chi connectivity index (χ1v) is 5.27. The third kappa shape index (κ3) is 3.28. The van der Waals surface area contributed by atoms with Crippen LogP contribution >= 0.6 is 0 Å². The Bertz CT molecular complexity index is 529. The SMILES string of the molecule is Cn1c(=O)ccn(CC(=O)NC(CO)CO)c1=O. The number of hydrogen-bond acceptors (Lipinski definition) is 5. The average Bonchev–Trinajstić information content (AvgIpc) is 2.36. The molecule has 0 radical (unpaired) electrons. The second-order valence-corrected chi connectivity index (χ2v) is 3.75. The minimum absolute atomic E-state index is 0.288. The zero-order valence-corrected chi connectivity index (χ0v) is 9.87. The number of aliphatic hydroxyl groups is 2. The fraction of sp³-hybridized carbons (Fsp3) is 0.500. The minimum atomic E-state index is -0.763. The molecule has 0 saturated heterocycles. The first-order chi connectivity index (χ1) is 8.49. The maximum Gasteiger partial charge on any atom is 0.331 e. The molecular weight excluding hydrogens is 242 g/mol. The lowest BCUT2D eigenvalue weighted by atomic mass is 10.3. The van der Waals surface area contributed by atoms with E-state index in [9.17, 15) is 14.4 Å². The normalized spacial score (nSPS) is 10.7. The van der Waals surface area contributed by atoms with Crippen molar-refractivity contribution in [1.82, 2.24) is 14.5 Å². The van der Waals surface area contributed by atoms with Crippen LogP contribution in [0.3, 0.4) is 0 Å². The second-order valence-electron chi connectivity index (χ2n) is 3.75. The van der Waals surface area contributed by atoms with Crippen molar-refractivity contribution in [2.45, 2.75) is 12.6 Å². The molecule has 0 bridgehead atoms. The van der Waals surface area contributed by atoms with Gasteiger partial charge in [0.25, 0.3) is 5.56 Å². The lowest BCUT2D eigenvalue weighted by Crippen LogP contribution is -2.44. The number of rotatable bonds is 5. The molecule has 1 aromatic heterocycles. The summed E-state index contributed by atoms with van der Waals surface area (Å²) in [5.74, 6) is -0.538. The first kappa shape index (κ1) is 14.1. The second kappa shape index (κ2) is 6.12. The van der Waals surface area contributed by atoms with Crippen LogP contribution in [0, 0.1) is 0 Å². The number of nitrogens with one attached hydrogen (secondary N) is 1. The molecule has 18 heavy (non-hydrogen) atoms. The largest absolute Gasteiger partial charge is 0.394 e. The van der Waals surface area contributed by atoms with E-state index in [1.807, 2.05) is 0 Å². The molecule has 0 aliphatic carbocycles. The van der Waals surface area contributed by atoms with Crippen molar-refractivity contribution in [2.24, 2.45) is 7.05 Å². The van der Waals surface area contributed by atoms with Gasteiger partial charge in [-0.3, -0.25) is 18.7 Å². The van der Waals surface area contributed by atoms with Gasteiger partial charge in [-0.25, -0.2) is 4.79 Å². The van der Waals surface area contributed by atoms with Crippen molar-refractivity contribution in [3.63, 3.8) is 0 Å². The van der Waals surface area contributed by atoms with Crippen LogP contribution in [0.5, 0.6) is 0 Å². The third-order valence-electron chi connectivity index (χ3n) is 2.38. The number of nitrogens with zero attached hydrogens (tertiary/aromatic N) is 2. The van der Waals surface area contributed by atoms with Crippen molar-refractivity contribution in [3.8, 4) is 0 Å². The Morgan fingerprint density at radius 3 is 2.56 bits per heavy atom. The molecule has 0 saturated carbocycles. The number of aliphatic hydroxyl groups excluding tert-OH is 2. The van der Waals surface area contributed by atoms with Gasteiger partial charge >= 0.3 is 5.69 Å². The zero-order valence-electron chi connectivity index (χ0n) is 9.87. The quantitative estimate of drug-likeness (QED) is 0.521. The van der Waals surface area contributed by atoms with Gasteiger partial charge in [0, 0.05) is 19.3 Å². The van der Waals surface area contributed by atoms with E-state index in [1.165, 1.54) is 19.3 Å². The summed E-state index contributed by atoms with van der Waals surface area (Å²) in [6.07, 6.45) is 1.22. The highest BCUT2D eigenvalue weighted by Crippen LogP contribution is 1.83. The highest BCUT2D eigenvalue weighted by atomic mass is 16.3. The van der Waals surface area contributed by atoms with Gasteiger partial charge in [-0.15, -0.1) is 0 Å². The predicted octanol–water partition coefficient (Wildman–Crippen LogP) is -2.98. The molecule has 1 heterocycles. The molecular formula is C10H15N3O5. The van der Waals surface area contributed by atoms with Gasteiger partial charge in [-0.2, -0.15) is 0 Å². The van der Waals surface area contributed by atoms with E-state index < -0.39 is 36.4 Å². The number of amides is 1. The molecule has 1 aromatic rings. The van der Waals surface area contributed by atoms with E-state index in [-0.39, 0.29) is 6.54 Å². The highest BCUT2D eigenvalue weighted by Gasteiger charge is 2.11. The van der Waals surface area contributed by atoms with E-state index >= 15 is 0 Å². The zero-order chi connectivity index (χ0) is 13.7. The van der Waals surface area contributed by atoms with Crippen molar-refractivity contribution >= 4 is 5.91 Å². The topological polar surface area (TPSA) is 114 Å². The molecule has 3 N–H and O–H groups in total. The molecule has 0 spiro atoms. The van der Waals surface area contributed by atoms with Gasteiger partial charge in [0.2, 0.25) is 5.91 Å². The summed E-state index contributed by atoms with van der Waals surface area (Å²) in [4.78, 5) is 34.2. The smallest absolute Gasteiger partial charge is 0.331 e. The summed E-state index contributed by atoms with van der Waals surface area (Å²) in [5, 5.41) is 19.9. The van der Waals surface area contributed by atoms with Gasteiger partial charge in [-0.1, -0.05) is 0 Å². The van der Waals surface area contributed by atoms with Crippen LogP contribution in [-0.4, -0.2) is 44.5 Å². The fourth-order valence-electron chi connectivity index (χ4n) is 1.31. The van der Waals surface area contributed by atoms with Crippen LogP contribution in [-0.2, 0) is 18.4 Å². The Morgan fingerprint density at radius 1 is 1.39 bits per heavy atom.